The zero-order chi connectivity index (χ0) is 51.3. The fourth-order valence-electron chi connectivity index (χ4n) is 8.20. The van der Waals surface area contributed by atoms with Crippen LogP contribution in [0.4, 0.5) is 44.2 Å². The number of anilines is 6. The largest absolute Gasteiger partial charge is 0.444 e. The molecule has 9 rings (SSSR count). The van der Waals surface area contributed by atoms with Gasteiger partial charge in [-0.2, -0.15) is 19.2 Å². The van der Waals surface area contributed by atoms with E-state index in [1.165, 1.54) is 6.20 Å². The van der Waals surface area contributed by atoms with Crippen LogP contribution in [0, 0.1) is 0 Å². The quantitative estimate of drug-likeness (QED) is 0.0489. The first kappa shape index (κ1) is 50.9. The maximum absolute atomic E-state index is 12.5. The van der Waals surface area contributed by atoms with Crippen molar-refractivity contribution in [2.45, 2.75) is 96.9 Å². The van der Waals surface area contributed by atoms with Gasteiger partial charge in [0.05, 0.1) is 24.4 Å². The minimum Gasteiger partial charge on any atom is -0.444 e. The number of likely N-dealkylation sites (tertiary alicyclic amines) is 2. The predicted molar refractivity (Wildman–Crippen MR) is 275 cm³/mol. The second-order valence-corrected chi connectivity index (χ2v) is 20.5. The molecular weight excluding hydrogens is 966 g/mol. The third-order valence-electron chi connectivity index (χ3n) is 11.5. The molecule has 5 N–H and O–H groups in total. The molecule has 0 spiro atoms. The number of imide groups is 1. The molecule has 378 valence electrons. The van der Waals surface area contributed by atoms with Crippen LogP contribution in [0.15, 0.2) is 78.6 Å². The van der Waals surface area contributed by atoms with Crippen molar-refractivity contribution in [3.63, 3.8) is 0 Å². The number of hydrogen-bond acceptors (Lipinski definition) is 15. The first-order chi connectivity index (χ1) is 34.2. The van der Waals surface area contributed by atoms with Gasteiger partial charge in [-0.1, -0.05) is 35.3 Å². The van der Waals surface area contributed by atoms with Gasteiger partial charge in [-0.05, 0) is 110 Å². The smallest absolute Gasteiger partial charge is 0.410 e. The van der Waals surface area contributed by atoms with E-state index < -0.39 is 17.1 Å². The van der Waals surface area contributed by atoms with Crippen molar-refractivity contribution in [1.29, 1.82) is 0 Å². The molecule has 4 aromatic heterocycles. The first-order valence-corrected chi connectivity index (χ1v) is 24.3. The van der Waals surface area contributed by atoms with Gasteiger partial charge < -0.3 is 40.5 Å². The van der Waals surface area contributed by atoms with E-state index in [2.05, 4.69) is 41.8 Å². The molecule has 0 unspecified atom stereocenters. The third kappa shape index (κ3) is 13.1. The molecule has 0 saturated carbocycles. The number of halogens is 2. The molecule has 22 heteroatoms. The fraction of sp³-hybridized carbons (Fsp3) is 0.380. The van der Waals surface area contributed by atoms with Crippen molar-refractivity contribution in [2.75, 3.05) is 47.4 Å². The standard InChI is InChI=1S/C27H30ClN7O4.C23H27ClN6O3/c1-27(2,3)39-26(38)34-9-7-19(8-10-34)31-22-14-21(30-20-6-4-5-18(28)13-20)32-24-17(15-29-35(22)24)11-16-12-23(36)33-25(16)37;1-23(2,3)33-22(32)29-9-7-17(8-10-29)27-20-12-19(26-18-6-4-5-16(24)11-18)28-21-15(14-31)13-25-30(20)21/h4-6,11,13-15,19,31H,7-10,12H2,1-3H3,(H,30,32)(H,33,36,37);4-6,11-14,17,27H,7-10H2,1-3H3,(H,26,28)/b16-11+;. The van der Waals surface area contributed by atoms with Crippen LogP contribution in [0.25, 0.3) is 17.4 Å². The summed E-state index contributed by atoms with van der Waals surface area (Å²) in [5.41, 5.74) is 2.80. The molecule has 72 heavy (non-hydrogen) atoms. The molecule has 0 atom stereocenters. The van der Waals surface area contributed by atoms with Crippen molar-refractivity contribution in [2.24, 2.45) is 0 Å². The summed E-state index contributed by atoms with van der Waals surface area (Å²) in [6, 6.07) is 18.5. The minimum absolute atomic E-state index is 0.0119. The summed E-state index contributed by atoms with van der Waals surface area (Å²) in [5.74, 6) is 1.75. The number of piperidine rings is 2. The van der Waals surface area contributed by atoms with Gasteiger partial charge in [0.2, 0.25) is 5.91 Å². The maximum atomic E-state index is 12.5. The number of amides is 4. The maximum Gasteiger partial charge on any atom is 0.410 e. The Kier molecular flexibility index (Phi) is 15.2. The number of ether oxygens (including phenoxy) is 2. The van der Waals surface area contributed by atoms with E-state index in [4.69, 9.17) is 37.7 Å². The van der Waals surface area contributed by atoms with E-state index in [9.17, 15) is 24.0 Å². The Labute approximate surface area is 425 Å². The molecule has 2 aromatic carbocycles. The zero-order valence-electron chi connectivity index (χ0n) is 40.8. The van der Waals surface area contributed by atoms with Gasteiger partial charge in [0, 0.05) is 83.0 Å². The number of aldehydes is 1. The first-order valence-electron chi connectivity index (χ1n) is 23.6. The van der Waals surface area contributed by atoms with E-state index in [1.54, 1.807) is 55.4 Å². The van der Waals surface area contributed by atoms with E-state index in [0.717, 1.165) is 43.3 Å². The SMILES string of the molecule is CC(C)(C)OC(=O)N1CCC(Nc2cc(Nc3cccc(Cl)c3)nc3c(/C=C4\CC(=O)NC4=O)cnn23)CC1.CC(C)(C)OC(=O)N1CCC(Nc2cc(Nc3cccc(Cl)c3)nc3c(C=O)cnn23)CC1. The highest BCUT2D eigenvalue weighted by atomic mass is 35.5. The number of hydrogen-bond donors (Lipinski definition) is 5. The number of carbonyl (C=O) groups excluding carboxylic acids is 5. The van der Waals surface area contributed by atoms with E-state index in [1.807, 2.05) is 77.9 Å². The van der Waals surface area contributed by atoms with Crippen LogP contribution in [0.5, 0.6) is 0 Å². The van der Waals surface area contributed by atoms with Crippen molar-refractivity contribution in [3.05, 3.63) is 99.8 Å². The molecule has 7 heterocycles. The second-order valence-electron chi connectivity index (χ2n) is 19.6. The zero-order valence-corrected chi connectivity index (χ0v) is 42.3. The normalized spacial score (nSPS) is 16.3. The molecule has 4 amide bonds. The molecule has 20 nitrogen and oxygen atoms in total. The summed E-state index contributed by atoms with van der Waals surface area (Å²) in [7, 11) is 0. The number of aromatic nitrogens is 6. The van der Waals surface area contributed by atoms with E-state index in [-0.39, 0.29) is 36.6 Å². The lowest BCUT2D eigenvalue weighted by Gasteiger charge is -2.34. The Balaban J connectivity index is 0.000000195. The Morgan fingerprint density at radius 2 is 1.12 bits per heavy atom. The van der Waals surface area contributed by atoms with E-state index in [0.29, 0.717) is 87.5 Å². The highest BCUT2D eigenvalue weighted by Gasteiger charge is 2.30. The number of benzene rings is 2. The van der Waals surface area contributed by atoms with Crippen molar-refractivity contribution in [1.82, 2.24) is 44.3 Å². The number of nitrogens with zero attached hydrogens (tertiary/aromatic N) is 8. The molecule has 3 aliphatic rings. The van der Waals surface area contributed by atoms with Crippen LogP contribution in [0.3, 0.4) is 0 Å². The number of fused-ring (bicyclic) bond motifs is 2. The number of nitrogens with one attached hydrogen (secondary N) is 5. The summed E-state index contributed by atoms with van der Waals surface area (Å²) in [4.78, 5) is 72.9. The molecule has 0 aliphatic carbocycles. The minimum atomic E-state index is -0.541. The summed E-state index contributed by atoms with van der Waals surface area (Å²) in [6.45, 7) is 13.5. The fourth-order valence-corrected chi connectivity index (χ4v) is 8.58. The number of carbonyl (C=O) groups is 5. The average Bonchev–Trinajstić information content (AvgIpc) is 4.01. The van der Waals surface area contributed by atoms with Crippen LogP contribution in [-0.2, 0) is 19.1 Å². The van der Waals surface area contributed by atoms with Gasteiger partial charge in [-0.3, -0.25) is 19.7 Å². The van der Waals surface area contributed by atoms with Gasteiger partial charge in [0.1, 0.15) is 34.5 Å². The lowest BCUT2D eigenvalue weighted by Crippen LogP contribution is -2.44. The molecule has 6 aromatic rings. The van der Waals surface area contributed by atoms with E-state index >= 15 is 0 Å². The number of rotatable bonds is 10. The van der Waals surface area contributed by atoms with Crippen molar-refractivity contribution in [3.8, 4) is 0 Å². The van der Waals surface area contributed by atoms with Gasteiger partial charge in [-0.15, -0.1) is 0 Å². The highest BCUT2D eigenvalue weighted by Crippen LogP contribution is 2.29. The molecule has 3 aliphatic heterocycles. The van der Waals surface area contributed by atoms with Crippen LogP contribution in [0.1, 0.15) is 89.6 Å². The lowest BCUT2D eigenvalue weighted by atomic mass is 10.1. The summed E-state index contributed by atoms with van der Waals surface area (Å²) in [5, 5.41) is 25.9. The van der Waals surface area contributed by atoms with Crippen LogP contribution >= 0.6 is 23.2 Å². The molecular formula is C50H57Cl2N13O7. The van der Waals surface area contributed by atoms with Crippen molar-refractivity contribution >= 4 is 106 Å². The van der Waals surface area contributed by atoms with Crippen LogP contribution in [-0.4, -0.2) is 119 Å². The molecule has 3 fully saturated rings. The van der Waals surface area contributed by atoms with Gasteiger partial charge in [0.15, 0.2) is 17.6 Å². The van der Waals surface area contributed by atoms with Crippen LogP contribution < -0.4 is 26.6 Å². The molecule has 0 radical (unpaired) electrons. The third-order valence-corrected chi connectivity index (χ3v) is 12.0. The summed E-state index contributed by atoms with van der Waals surface area (Å²) in [6.07, 6.45) is 7.86. The van der Waals surface area contributed by atoms with Crippen molar-refractivity contribution < 1.29 is 33.4 Å². The molecule has 3 saturated heterocycles. The Morgan fingerprint density at radius 1 is 0.681 bits per heavy atom. The highest BCUT2D eigenvalue weighted by molar-refractivity contribution is 6.31. The van der Waals surface area contributed by atoms with Gasteiger partial charge in [0.25, 0.3) is 5.91 Å². The molecule has 0 bridgehead atoms. The summed E-state index contributed by atoms with van der Waals surface area (Å²) < 4.78 is 14.3. The Hall–Kier alpha value is -7.45. The predicted octanol–water partition coefficient (Wildman–Crippen LogP) is 9.12. The Bertz CT molecular complexity index is 3040. The topological polar surface area (TPSA) is 231 Å². The Morgan fingerprint density at radius 3 is 1.53 bits per heavy atom. The summed E-state index contributed by atoms with van der Waals surface area (Å²) >= 11 is 12.3. The van der Waals surface area contributed by atoms with Crippen LogP contribution in [0.2, 0.25) is 10.0 Å². The van der Waals surface area contributed by atoms with Gasteiger partial charge >= 0.3 is 12.2 Å². The average molecular weight is 1020 g/mol. The second kappa shape index (κ2) is 21.5. The van der Waals surface area contributed by atoms with Gasteiger partial charge in [-0.25, -0.2) is 19.6 Å². The lowest BCUT2D eigenvalue weighted by molar-refractivity contribution is -0.124. The monoisotopic (exact) mass is 1020 g/mol.